The Labute approximate surface area is 196 Å². The fraction of sp³-hybridized carbons (Fsp3) is 0.280. The number of anilines is 2. The molecule has 1 saturated heterocycles. The molecule has 9 heteroatoms. The van der Waals surface area contributed by atoms with Crippen LogP contribution in [0.4, 0.5) is 20.3 Å². The summed E-state index contributed by atoms with van der Waals surface area (Å²) < 4.78 is 37.5. The maximum Gasteiger partial charge on any atom is 0.255 e. The van der Waals surface area contributed by atoms with Crippen LogP contribution in [-0.2, 0) is 6.54 Å². The number of piperazine rings is 1. The Bertz CT molecular complexity index is 1130. The van der Waals surface area contributed by atoms with Gasteiger partial charge in [0.1, 0.15) is 29.0 Å². The van der Waals surface area contributed by atoms with Gasteiger partial charge < -0.3 is 19.7 Å². The van der Waals surface area contributed by atoms with Crippen LogP contribution in [0.2, 0.25) is 0 Å². The van der Waals surface area contributed by atoms with E-state index in [4.69, 9.17) is 9.47 Å². The zero-order valence-electron chi connectivity index (χ0n) is 19.1. The fourth-order valence-corrected chi connectivity index (χ4v) is 3.81. The summed E-state index contributed by atoms with van der Waals surface area (Å²) in [5, 5.41) is 2.83. The summed E-state index contributed by atoms with van der Waals surface area (Å²) in [7, 11) is 3.06. The Kier molecular flexibility index (Phi) is 7.22. The number of rotatable bonds is 7. The molecule has 0 atom stereocenters. The molecule has 4 rings (SSSR count). The van der Waals surface area contributed by atoms with Crippen LogP contribution < -0.4 is 19.7 Å². The van der Waals surface area contributed by atoms with E-state index in [1.807, 2.05) is 6.07 Å². The van der Waals surface area contributed by atoms with Crippen LogP contribution in [0.1, 0.15) is 15.9 Å². The van der Waals surface area contributed by atoms with Gasteiger partial charge in [-0.2, -0.15) is 0 Å². The lowest BCUT2D eigenvalue weighted by Gasteiger charge is -2.35. The Balaban J connectivity index is 1.33. The number of nitrogens with zero attached hydrogens (tertiary/aromatic N) is 3. The number of hydrogen-bond acceptors (Lipinski definition) is 6. The van der Waals surface area contributed by atoms with Gasteiger partial charge in [0.25, 0.3) is 5.91 Å². The minimum absolute atomic E-state index is 0.298. The molecule has 3 aromatic rings. The van der Waals surface area contributed by atoms with Crippen molar-refractivity contribution in [2.24, 2.45) is 0 Å². The van der Waals surface area contributed by atoms with E-state index >= 15 is 0 Å². The lowest BCUT2D eigenvalue weighted by atomic mass is 10.1. The number of benzene rings is 2. The maximum atomic E-state index is 13.9. The Morgan fingerprint density at radius 1 is 0.971 bits per heavy atom. The highest BCUT2D eigenvalue weighted by Gasteiger charge is 2.19. The summed E-state index contributed by atoms with van der Waals surface area (Å²) in [6.45, 7) is 3.35. The predicted molar refractivity (Wildman–Crippen MR) is 126 cm³/mol. The van der Waals surface area contributed by atoms with E-state index < -0.39 is 11.6 Å². The Morgan fingerprint density at radius 2 is 1.68 bits per heavy atom. The van der Waals surface area contributed by atoms with Crippen LogP contribution in [0.25, 0.3) is 0 Å². The van der Waals surface area contributed by atoms with Gasteiger partial charge in [-0.3, -0.25) is 9.69 Å². The van der Waals surface area contributed by atoms with Crippen LogP contribution in [0.5, 0.6) is 11.5 Å². The number of hydrogen-bond donors (Lipinski definition) is 1. The summed E-state index contributed by atoms with van der Waals surface area (Å²) in [6, 6.07) is 12.3. The molecule has 34 heavy (non-hydrogen) atoms. The zero-order chi connectivity index (χ0) is 24.1. The summed E-state index contributed by atoms with van der Waals surface area (Å²) in [4.78, 5) is 21.4. The Hall–Kier alpha value is -3.72. The molecule has 7 nitrogen and oxygen atoms in total. The highest BCUT2D eigenvalue weighted by Crippen LogP contribution is 2.24. The van der Waals surface area contributed by atoms with E-state index in [0.29, 0.717) is 34.9 Å². The van der Waals surface area contributed by atoms with Crippen molar-refractivity contribution >= 4 is 17.4 Å². The van der Waals surface area contributed by atoms with Gasteiger partial charge in [0.05, 0.1) is 26.1 Å². The minimum atomic E-state index is -0.569. The molecule has 1 aromatic heterocycles. The quantitative estimate of drug-likeness (QED) is 0.567. The second kappa shape index (κ2) is 10.5. The first-order valence-corrected chi connectivity index (χ1v) is 10.9. The molecule has 2 aromatic carbocycles. The second-order valence-electron chi connectivity index (χ2n) is 7.96. The van der Waals surface area contributed by atoms with E-state index in [1.54, 1.807) is 30.5 Å². The minimum Gasteiger partial charge on any atom is -0.497 e. The van der Waals surface area contributed by atoms with Crippen molar-refractivity contribution in [2.45, 2.75) is 6.54 Å². The molecule has 0 spiro atoms. The molecule has 0 saturated carbocycles. The Morgan fingerprint density at radius 3 is 2.26 bits per heavy atom. The third-order valence-corrected chi connectivity index (χ3v) is 5.72. The highest BCUT2D eigenvalue weighted by molar-refractivity contribution is 6.04. The van der Waals surface area contributed by atoms with Gasteiger partial charge in [0, 0.05) is 56.0 Å². The average molecular weight is 469 g/mol. The van der Waals surface area contributed by atoms with Gasteiger partial charge in [-0.25, -0.2) is 13.8 Å². The first-order chi connectivity index (χ1) is 16.4. The first kappa shape index (κ1) is 23.4. The maximum absolute atomic E-state index is 13.9. The standard InChI is InChI=1S/C25H26F2N4O3/c1-33-21-11-18(12-22(14-21)34-2)25(32)29-20-5-6-24(28-15-20)31-9-7-30(8-10-31)16-17-3-4-19(26)13-23(17)27/h3-6,11-15H,7-10,16H2,1-2H3,(H,29,32). The number of carbonyl (C=O) groups excluding carboxylic acids is 1. The molecule has 0 radical (unpaired) electrons. The van der Waals surface area contributed by atoms with E-state index in [2.05, 4.69) is 20.1 Å². The van der Waals surface area contributed by atoms with Crippen molar-refractivity contribution in [3.05, 3.63) is 77.5 Å². The summed E-state index contributed by atoms with van der Waals surface area (Å²) in [5.41, 5.74) is 1.47. The summed E-state index contributed by atoms with van der Waals surface area (Å²) in [5.74, 6) is 0.467. The highest BCUT2D eigenvalue weighted by atomic mass is 19.1. The molecule has 0 bridgehead atoms. The molecule has 1 aliphatic heterocycles. The number of aromatic nitrogens is 1. The van der Waals surface area contributed by atoms with Crippen molar-refractivity contribution in [1.82, 2.24) is 9.88 Å². The second-order valence-corrected chi connectivity index (χ2v) is 7.96. The SMILES string of the molecule is COc1cc(OC)cc(C(=O)Nc2ccc(N3CCN(Cc4ccc(F)cc4F)CC3)nc2)c1. The molecule has 1 amide bonds. The lowest BCUT2D eigenvalue weighted by molar-refractivity contribution is 0.102. The van der Waals surface area contributed by atoms with E-state index in [0.717, 1.165) is 38.1 Å². The van der Waals surface area contributed by atoms with Crippen LogP contribution >= 0.6 is 0 Å². The molecule has 0 aliphatic carbocycles. The fourth-order valence-electron chi connectivity index (χ4n) is 3.81. The third kappa shape index (κ3) is 5.60. The van der Waals surface area contributed by atoms with Gasteiger partial charge >= 0.3 is 0 Å². The van der Waals surface area contributed by atoms with E-state index in [9.17, 15) is 13.6 Å². The number of carbonyl (C=O) groups is 1. The smallest absolute Gasteiger partial charge is 0.255 e. The van der Waals surface area contributed by atoms with Crippen molar-refractivity contribution in [2.75, 3.05) is 50.6 Å². The van der Waals surface area contributed by atoms with Crippen molar-refractivity contribution < 1.29 is 23.0 Å². The van der Waals surface area contributed by atoms with Gasteiger partial charge in [-0.05, 0) is 30.3 Å². The lowest BCUT2D eigenvalue weighted by Crippen LogP contribution is -2.46. The molecule has 2 heterocycles. The molecule has 1 fully saturated rings. The molecular formula is C25H26F2N4O3. The van der Waals surface area contributed by atoms with Crippen molar-refractivity contribution in [3.63, 3.8) is 0 Å². The molecular weight excluding hydrogens is 442 g/mol. The first-order valence-electron chi connectivity index (χ1n) is 10.9. The number of halogens is 2. The van der Waals surface area contributed by atoms with Crippen molar-refractivity contribution in [1.29, 1.82) is 0 Å². The zero-order valence-corrected chi connectivity index (χ0v) is 19.1. The van der Waals surface area contributed by atoms with Crippen LogP contribution in [-0.4, -0.2) is 56.2 Å². The van der Waals surface area contributed by atoms with Crippen molar-refractivity contribution in [3.8, 4) is 11.5 Å². The van der Waals surface area contributed by atoms with Gasteiger partial charge in [0.15, 0.2) is 0 Å². The number of methoxy groups -OCH3 is 2. The summed E-state index contributed by atoms with van der Waals surface area (Å²) in [6.07, 6.45) is 1.62. The monoisotopic (exact) mass is 468 g/mol. The average Bonchev–Trinajstić information content (AvgIpc) is 2.86. The van der Waals surface area contributed by atoms with Crippen LogP contribution in [0, 0.1) is 11.6 Å². The van der Waals surface area contributed by atoms with Gasteiger partial charge in [0.2, 0.25) is 0 Å². The summed E-state index contributed by atoms with van der Waals surface area (Å²) >= 11 is 0. The third-order valence-electron chi connectivity index (χ3n) is 5.72. The largest absolute Gasteiger partial charge is 0.497 e. The molecule has 1 aliphatic rings. The number of nitrogens with one attached hydrogen (secondary N) is 1. The number of amides is 1. The van der Waals surface area contributed by atoms with Gasteiger partial charge in [-0.1, -0.05) is 6.07 Å². The topological polar surface area (TPSA) is 66.9 Å². The van der Waals surface area contributed by atoms with E-state index in [1.165, 1.54) is 26.4 Å². The number of ether oxygens (including phenoxy) is 2. The molecule has 178 valence electrons. The van der Waals surface area contributed by atoms with Crippen LogP contribution in [0.3, 0.4) is 0 Å². The molecule has 1 N–H and O–H groups in total. The predicted octanol–water partition coefficient (Wildman–Crippen LogP) is 3.95. The van der Waals surface area contributed by atoms with E-state index in [-0.39, 0.29) is 5.91 Å². The normalized spacial score (nSPS) is 14.1. The number of pyridine rings is 1. The molecule has 0 unspecified atom stereocenters. The van der Waals surface area contributed by atoms with Crippen LogP contribution in [0.15, 0.2) is 54.7 Å². The van der Waals surface area contributed by atoms with Gasteiger partial charge in [-0.15, -0.1) is 0 Å².